The molecule has 0 spiro atoms. The summed E-state index contributed by atoms with van der Waals surface area (Å²) in [6.07, 6.45) is 0.260. The zero-order valence-electron chi connectivity index (χ0n) is 17.5. The van der Waals surface area contributed by atoms with Gasteiger partial charge in [-0.1, -0.05) is 36.4 Å². The average Bonchev–Trinajstić information content (AvgIpc) is 2.78. The Hall–Kier alpha value is -3.18. The smallest absolute Gasteiger partial charge is 0.227 e. The lowest BCUT2D eigenvalue weighted by atomic mass is 10.0. The molecule has 0 bridgehead atoms. The molecule has 0 radical (unpaired) electrons. The molecule has 0 aliphatic rings. The molecule has 170 valence electrons. The van der Waals surface area contributed by atoms with Gasteiger partial charge in [-0.3, -0.25) is 10.1 Å². The SMILES string of the molecule is CNC(O)c1ccc(-c2ccc(OCc3oc(CNS(C)(=O)=O)cc(=O)c3O)cc2)cc1. The minimum absolute atomic E-state index is 0.0546. The van der Waals surface area contributed by atoms with E-state index in [0.29, 0.717) is 5.75 Å². The number of nitrogens with one attached hydrogen (secondary N) is 2. The highest BCUT2D eigenvalue weighted by molar-refractivity contribution is 7.88. The molecule has 4 N–H and O–H groups in total. The molecule has 3 rings (SSSR count). The summed E-state index contributed by atoms with van der Waals surface area (Å²) in [7, 11) is -1.80. The second-order valence-electron chi connectivity index (χ2n) is 7.07. The topological polar surface area (TPSA) is 138 Å². The summed E-state index contributed by atoms with van der Waals surface area (Å²) in [5.41, 5.74) is 1.96. The number of sulfonamides is 1. The third-order valence-electron chi connectivity index (χ3n) is 4.61. The van der Waals surface area contributed by atoms with Crippen molar-refractivity contribution >= 4 is 10.0 Å². The molecule has 3 aromatic rings. The maximum Gasteiger partial charge on any atom is 0.227 e. The Bertz CT molecular complexity index is 1220. The lowest BCUT2D eigenvalue weighted by Gasteiger charge is -2.11. The molecule has 1 aromatic heterocycles. The zero-order chi connectivity index (χ0) is 23.3. The van der Waals surface area contributed by atoms with E-state index in [1.165, 1.54) is 0 Å². The minimum atomic E-state index is -3.47. The first-order valence-corrected chi connectivity index (χ1v) is 11.5. The highest BCUT2D eigenvalue weighted by Gasteiger charge is 2.13. The van der Waals surface area contributed by atoms with Crippen LogP contribution >= 0.6 is 0 Å². The number of benzene rings is 2. The summed E-state index contributed by atoms with van der Waals surface area (Å²) in [6.45, 7) is -0.441. The van der Waals surface area contributed by atoms with E-state index in [1.54, 1.807) is 19.2 Å². The maximum absolute atomic E-state index is 11.9. The first kappa shape index (κ1) is 23.5. The Morgan fingerprint density at radius 2 is 1.66 bits per heavy atom. The first-order chi connectivity index (χ1) is 15.2. The van der Waals surface area contributed by atoms with Crippen molar-refractivity contribution in [1.29, 1.82) is 0 Å². The number of aromatic hydroxyl groups is 1. The molecule has 0 fully saturated rings. The van der Waals surface area contributed by atoms with Crippen LogP contribution in [0.2, 0.25) is 0 Å². The lowest BCUT2D eigenvalue weighted by Crippen LogP contribution is -2.22. The van der Waals surface area contributed by atoms with E-state index in [1.807, 2.05) is 36.4 Å². The third kappa shape index (κ3) is 6.17. The van der Waals surface area contributed by atoms with Crippen molar-refractivity contribution < 1.29 is 27.8 Å². The molecule has 0 saturated carbocycles. The fraction of sp³-hybridized carbons (Fsp3) is 0.227. The van der Waals surface area contributed by atoms with Gasteiger partial charge in [-0.05, 0) is 35.9 Å². The van der Waals surface area contributed by atoms with Crippen LogP contribution in [0.15, 0.2) is 63.8 Å². The molecule has 1 unspecified atom stereocenters. The molecule has 32 heavy (non-hydrogen) atoms. The number of hydrogen-bond acceptors (Lipinski definition) is 8. The minimum Gasteiger partial charge on any atom is -0.502 e. The molecular weight excluding hydrogens is 436 g/mol. The van der Waals surface area contributed by atoms with Gasteiger partial charge >= 0.3 is 0 Å². The first-order valence-electron chi connectivity index (χ1n) is 9.64. The van der Waals surface area contributed by atoms with Crippen LogP contribution < -0.4 is 20.2 Å². The Balaban J connectivity index is 1.68. The van der Waals surface area contributed by atoms with Crippen LogP contribution in [0.3, 0.4) is 0 Å². The largest absolute Gasteiger partial charge is 0.502 e. The number of hydrogen-bond donors (Lipinski definition) is 4. The Kier molecular flexibility index (Phi) is 7.31. The van der Waals surface area contributed by atoms with Crippen molar-refractivity contribution in [3.63, 3.8) is 0 Å². The quantitative estimate of drug-likeness (QED) is 0.355. The molecule has 10 heteroatoms. The summed E-state index contributed by atoms with van der Waals surface area (Å²) < 4.78 is 35.7. The second kappa shape index (κ2) is 9.96. The summed E-state index contributed by atoms with van der Waals surface area (Å²) in [5.74, 6) is -0.157. The molecule has 0 amide bonds. The molecule has 0 aliphatic carbocycles. The normalized spacial score (nSPS) is 12.5. The molecular formula is C22H24N2O7S. The van der Waals surface area contributed by atoms with E-state index in [2.05, 4.69) is 10.0 Å². The van der Waals surface area contributed by atoms with Gasteiger partial charge in [0.15, 0.2) is 5.76 Å². The number of rotatable bonds is 9. The summed E-state index contributed by atoms with van der Waals surface area (Å²) in [6, 6.07) is 15.6. The third-order valence-corrected chi connectivity index (χ3v) is 5.28. The molecule has 1 heterocycles. The van der Waals surface area contributed by atoms with E-state index in [0.717, 1.165) is 29.0 Å². The van der Waals surface area contributed by atoms with Crippen LogP contribution in [-0.4, -0.2) is 31.9 Å². The molecule has 1 atom stereocenters. The van der Waals surface area contributed by atoms with E-state index in [4.69, 9.17) is 9.15 Å². The van der Waals surface area contributed by atoms with Gasteiger partial charge < -0.3 is 19.4 Å². The van der Waals surface area contributed by atoms with E-state index >= 15 is 0 Å². The van der Waals surface area contributed by atoms with Gasteiger partial charge in [0.25, 0.3) is 0 Å². The summed E-state index contributed by atoms with van der Waals surface area (Å²) >= 11 is 0. The molecule has 9 nitrogen and oxygen atoms in total. The lowest BCUT2D eigenvalue weighted by molar-refractivity contribution is 0.149. The summed E-state index contributed by atoms with van der Waals surface area (Å²) in [4.78, 5) is 11.9. The van der Waals surface area contributed by atoms with Crippen LogP contribution in [0, 0.1) is 0 Å². The predicted molar refractivity (Wildman–Crippen MR) is 119 cm³/mol. The van der Waals surface area contributed by atoms with Crippen molar-refractivity contribution in [1.82, 2.24) is 10.0 Å². The molecule has 0 saturated heterocycles. The van der Waals surface area contributed by atoms with Crippen LogP contribution in [-0.2, 0) is 23.2 Å². The van der Waals surface area contributed by atoms with Crippen molar-refractivity contribution in [2.75, 3.05) is 13.3 Å². The van der Waals surface area contributed by atoms with E-state index < -0.39 is 27.4 Å². The monoisotopic (exact) mass is 460 g/mol. The number of aliphatic hydroxyl groups excluding tert-OH is 1. The number of ether oxygens (including phenoxy) is 1. The standard InChI is InChI=1S/C22H24N2O7S/c1-23-22(27)16-5-3-14(4-6-16)15-7-9-17(10-8-15)30-13-20-21(26)19(25)11-18(31-20)12-24-32(2,28)29/h3-11,22-24,26-27H,12-13H2,1-2H3. The Morgan fingerprint density at radius 3 is 2.22 bits per heavy atom. The second-order valence-corrected chi connectivity index (χ2v) is 8.90. The average molecular weight is 461 g/mol. The maximum atomic E-state index is 11.9. The Labute approximate surface area is 185 Å². The molecule has 0 aliphatic heterocycles. The number of aliphatic hydroxyl groups is 1. The van der Waals surface area contributed by atoms with E-state index in [-0.39, 0.29) is 24.7 Å². The van der Waals surface area contributed by atoms with Gasteiger partial charge in [-0.15, -0.1) is 0 Å². The van der Waals surface area contributed by atoms with Crippen LogP contribution in [0.5, 0.6) is 11.5 Å². The van der Waals surface area contributed by atoms with Crippen LogP contribution in [0.4, 0.5) is 0 Å². The predicted octanol–water partition coefficient (Wildman–Crippen LogP) is 1.85. The van der Waals surface area contributed by atoms with Crippen LogP contribution in [0.25, 0.3) is 11.1 Å². The fourth-order valence-corrected chi connectivity index (χ4v) is 3.30. The van der Waals surface area contributed by atoms with Gasteiger partial charge in [0, 0.05) is 6.07 Å². The van der Waals surface area contributed by atoms with Crippen molar-refractivity contribution in [2.24, 2.45) is 0 Å². The van der Waals surface area contributed by atoms with Gasteiger partial charge in [-0.25, -0.2) is 13.1 Å². The van der Waals surface area contributed by atoms with Gasteiger partial charge in [0.2, 0.25) is 21.2 Å². The Morgan fingerprint density at radius 1 is 1.06 bits per heavy atom. The summed E-state index contributed by atoms with van der Waals surface area (Å²) in [5, 5.41) is 22.5. The highest BCUT2D eigenvalue weighted by atomic mass is 32.2. The fourth-order valence-electron chi connectivity index (χ4n) is 2.89. The van der Waals surface area contributed by atoms with Gasteiger partial charge in [-0.2, -0.15) is 0 Å². The zero-order valence-corrected chi connectivity index (χ0v) is 18.3. The van der Waals surface area contributed by atoms with Crippen LogP contribution in [0.1, 0.15) is 23.3 Å². The van der Waals surface area contributed by atoms with Gasteiger partial charge in [0.05, 0.1) is 12.8 Å². The molecule has 2 aromatic carbocycles. The van der Waals surface area contributed by atoms with Crippen molar-refractivity contribution in [2.45, 2.75) is 19.4 Å². The van der Waals surface area contributed by atoms with Gasteiger partial charge in [0.1, 0.15) is 24.3 Å². The van der Waals surface area contributed by atoms with Crippen molar-refractivity contribution in [3.8, 4) is 22.6 Å². The van der Waals surface area contributed by atoms with E-state index in [9.17, 15) is 23.4 Å². The van der Waals surface area contributed by atoms with Crippen molar-refractivity contribution in [3.05, 3.63) is 81.9 Å². The highest BCUT2D eigenvalue weighted by Crippen LogP contribution is 2.25.